The summed E-state index contributed by atoms with van der Waals surface area (Å²) in [7, 11) is 0. The van der Waals surface area contributed by atoms with Crippen LogP contribution >= 0.6 is 0 Å². The molecule has 3 rings (SSSR count). The van der Waals surface area contributed by atoms with E-state index in [9.17, 15) is 4.79 Å². The van der Waals surface area contributed by atoms with Crippen molar-refractivity contribution in [1.29, 1.82) is 0 Å². The van der Waals surface area contributed by atoms with E-state index in [1.54, 1.807) is 0 Å². The summed E-state index contributed by atoms with van der Waals surface area (Å²) in [4.78, 5) is 14.9. The Labute approximate surface area is 121 Å². The normalized spacial score (nSPS) is 25.6. The van der Waals surface area contributed by atoms with Gasteiger partial charge >= 0.3 is 0 Å². The molecule has 1 N–H and O–H groups in total. The molecule has 1 aromatic carbocycles. The van der Waals surface area contributed by atoms with Gasteiger partial charge in [-0.05, 0) is 50.8 Å². The van der Waals surface area contributed by atoms with Crippen LogP contribution in [-0.2, 0) is 11.2 Å². The smallest absolute Gasteiger partial charge is 0.227 e. The van der Waals surface area contributed by atoms with Gasteiger partial charge < -0.3 is 10.2 Å². The summed E-state index contributed by atoms with van der Waals surface area (Å²) >= 11 is 0. The van der Waals surface area contributed by atoms with E-state index >= 15 is 0 Å². The van der Waals surface area contributed by atoms with Gasteiger partial charge in [0.05, 0.1) is 6.42 Å². The van der Waals surface area contributed by atoms with Gasteiger partial charge in [-0.2, -0.15) is 0 Å². The number of carbonyl (C=O) groups is 1. The van der Waals surface area contributed by atoms with Gasteiger partial charge in [0.15, 0.2) is 0 Å². The standard InChI is InChI=1S/C17H24N2O/c1-12-3-4-13(2)14(9-12)10-17(20)19-15-5-6-16(19)11-18-8-7-15/h3-4,9,15-16,18H,5-8,10-11H2,1-2H3. The lowest BCUT2D eigenvalue weighted by Crippen LogP contribution is -2.43. The maximum atomic E-state index is 12.7. The van der Waals surface area contributed by atoms with Crippen LogP contribution in [0.4, 0.5) is 0 Å². The topological polar surface area (TPSA) is 32.3 Å². The number of fused-ring (bicyclic) bond motifs is 2. The molecule has 20 heavy (non-hydrogen) atoms. The molecule has 3 nitrogen and oxygen atoms in total. The van der Waals surface area contributed by atoms with Gasteiger partial charge in [-0.1, -0.05) is 23.8 Å². The predicted octanol–water partition coefficient (Wildman–Crippen LogP) is 2.20. The minimum absolute atomic E-state index is 0.315. The largest absolute Gasteiger partial charge is 0.335 e. The van der Waals surface area contributed by atoms with Crippen molar-refractivity contribution in [3.05, 3.63) is 34.9 Å². The van der Waals surface area contributed by atoms with Gasteiger partial charge in [0.25, 0.3) is 0 Å². The predicted molar refractivity (Wildman–Crippen MR) is 80.8 cm³/mol. The van der Waals surface area contributed by atoms with Crippen LogP contribution < -0.4 is 5.32 Å². The van der Waals surface area contributed by atoms with Gasteiger partial charge in [0.2, 0.25) is 5.91 Å². The molecule has 3 heteroatoms. The van der Waals surface area contributed by atoms with Crippen molar-refractivity contribution in [3.8, 4) is 0 Å². The Bertz CT molecular complexity index is 498. The highest BCUT2D eigenvalue weighted by Crippen LogP contribution is 2.28. The fourth-order valence-corrected chi connectivity index (χ4v) is 3.63. The number of nitrogens with one attached hydrogen (secondary N) is 1. The maximum Gasteiger partial charge on any atom is 0.227 e. The Kier molecular flexibility index (Phi) is 3.79. The quantitative estimate of drug-likeness (QED) is 0.895. The van der Waals surface area contributed by atoms with E-state index in [2.05, 4.69) is 42.3 Å². The first-order valence-electron chi connectivity index (χ1n) is 7.73. The molecule has 0 spiro atoms. The lowest BCUT2D eigenvalue weighted by atomic mass is 10.0. The molecule has 2 saturated heterocycles. The van der Waals surface area contributed by atoms with E-state index in [1.807, 2.05) is 0 Å². The van der Waals surface area contributed by atoms with E-state index in [4.69, 9.17) is 0 Å². The molecule has 2 aliphatic rings. The fraction of sp³-hybridized carbons (Fsp3) is 0.588. The van der Waals surface area contributed by atoms with E-state index in [-0.39, 0.29) is 0 Å². The molecule has 108 valence electrons. The lowest BCUT2D eigenvalue weighted by Gasteiger charge is -2.28. The Morgan fingerprint density at radius 2 is 2.05 bits per heavy atom. The van der Waals surface area contributed by atoms with E-state index in [1.165, 1.54) is 23.1 Å². The van der Waals surface area contributed by atoms with Crippen LogP contribution in [0.15, 0.2) is 18.2 Å². The summed E-state index contributed by atoms with van der Waals surface area (Å²) in [6.07, 6.45) is 4.01. The highest BCUT2D eigenvalue weighted by Gasteiger charge is 2.37. The number of nitrogens with zero attached hydrogens (tertiary/aromatic N) is 1. The highest BCUT2D eigenvalue weighted by molar-refractivity contribution is 5.80. The van der Waals surface area contributed by atoms with Gasteiger partial charge in [-0.25, -0.2) is 0 Å². The molecule has 2 atom stereocenters. The second-order valence-corrected chi connectivity index (χ2v) is 6.29. The number of amides is 1. The van der Waals surface area contributed by atoms with Gasteiger partial charge in [0.1, 0.15) is 0 Å². The van der Waals surface area contributed by atoms with Crippen LogP contribution in [0.25, 0.3) is 0 Å². The highest BCUT2D eigenvalue weighted by atomic mass is 16.2. The summed E-state index contributed by atoms with van der Waals surface area (Å²) in [6, 6.07) is 7.28. The second-order valence-electron chi connectivity index (χ2n) is 6.29. The molecular formula is C17H24N2O. The minimum Gasteiger partial charge on any atom is -0.335 e. The van der Waals surface area contributed by atoms with Crippen molar-refractivity contribution < 1.29 is 4.79 Å². The monoisotopic (exact) mass is 272 g/mol. The molecular weight excluding hydrogens is 248 g/mol. The summed E-state index contributed by atoms with van der Waals surface area (Å²) in [5.74, 6) is 0.315. The number of rotatable bonds is 2. The average Bonchev–Trinajstić information content (AvgIpc) is 2.67. The van der Waals surface area contributed by atoms with Crippen molar-refractivity contribution in [2.24, 2.45) is 0 Å². The third-order valence-electron chi connectivity index (χ3n) is 4.79. The Morgan fingerprint density at radius 3 is 2.90 bits per heavy atom. The lowest BCUT2D eigenvalue weighted by molar-refractivity contribution is -0.133. The van der Waals surface area contributed by atoms with Crippen LogP contribution in [0.3, 0.4) is 0 Å². The van der Waals surface area contributed by atoms with Crippen LogP contribution in [-0.4, -0.2) is 36.0 Å². The molecule has 1 aromatic rings. The van der Waals surface area contributed by atoms with Crippen LogP contribution in [0.5, 0.6) is 0 Å². The Hall–Kier alpha value is -1.35. The molecule has 2 aliphatic heterocycles. The van der Waals surface area contributed by atoms with Crippen molar-refractivity contribution >= 4 is 5.91 Å². The molecule has 2 fully saturated rings. The second kappa shape index (κ2) is 5.57. The molecule has 0 aromatic heterocycles. The Morgan fingerprint density at radius 1 is 1.25 bits per heavy atom. The minimum atomic E-state index is 0.315. The molecule has 1 amide bonds. The van der Waals surface area contributed by atoms with Gasteiger partial charge in [0, 0.05) is 18.6 Å². The third kappa shape index (κ3) is 2.59. The zero-order valence-corrected chi connectivity index (χ0v) is 12.5. The van der Waals surface area contributed by atoms with Crippen molar-refractivity contribution in [3.63, 3.8) is 0 Å². The van der Waals surface area contributed by atoms with Crippen LogP contribution in [0.1, 0.15) is 36.0 Å². The Balaban J connectivity index is 1.77. The van der Waals surface area contributed by atoms with Crippen molar-refractivity contribution in [2.75, 3.05) is 13.1 Å². The first kappa shape index (κ1) is 13.6. The van der Waals surface area contributed by atoms with Crippen LogP contribution in [0, 0.1) is 13.8 Å². The summed E-state index contributed by atoms with van der Waals surface area (Å²) in [6.45, 7) is 6.21. The summed E-state index contributed by atoms with van der Waals surface area (Å²) in [5.41, 5.74) is 3.65. The SMILES string of the molecule is Cc1ccc(C)c(CC(=O)N2C3CCNCC2CC3)c1. The maximum absolute atomic E-state index is 12.7. The van der Waals surface area contributed by atoms with Gasteiger partial charge in [-0.3, -0.25) is 4.79 Å². The molecule has 2 unspecified atom stereocenters. The van der Waals surface area contributed by atoms with E-state index < -0.39 is 0 Å². The van der Waals surface area contributed by atoms with E-state index in [0.29, 0.717) is 24.4 Å². The average molecular weight is 272 g/mol. The van der Waals surface area contributed by atoms with Crippen molar-refractivity contribution in [2.45, 2.75) is 51.6 Å². The molecule has 0 aliphatic carbocycles. The zero-order valence-electron chi connectivity index (χ0n) is 12.5. The molecule has 2 heterocycles. The number of aryl methyl sites for hydroxylation is 2. The summed E-state index contributed by atoms with van der Waals surface area (Å²) in [5, 5.41) is 3.45. The van der Waals surface area contributed by atoms with Crippen LogP contribution in [0.2, 0.25) is 0 Å². The first-order valence-corrected chi connectivity index (χ1v) is 7.73. The number of hydrogen-bond donors (Lipinski definition) is 1. The zero-order chi connectivity index (χ0) is 14.1. The molecule has 0 radical (unpaired) electrons. The first-order chi connectivity index (χ1) is 9.65. The number of benzene rings is 1. The number of carbonyl (C=O) groups excluding carboxylic acids is 1. The molecule has 2 bridgehead atoms. The number of hydrogen-bond acceptors (Lipinski definition) is 2. The third-order valence-corrected chi connectivity index (χ3v) is 4.79. The fourth-order valence-electron chi connectivity index (χ4n) is 3.63. The van der Waals surface area contributed by atoms with Gasteiger partial charge in [-0.15, -0.1) is 0 Å². The van der Waals surface area contributed by atoms with E-state index in [0.717, 1.165) is 25.9 Å². The van der Waals surface area contributed by atoms with Crippen molar-refractivity contribution in [1.82, 2.24) is 10.2 Å². The summed E-state index contributed by atoms with van der Waals surface area (Å²) < 4.78 is 0. The molecule has 0 saturated carbocycles.